The fourth-order valence-electron chi connectivity index (χ4n) is 1.04. The molecule has 0 aliphatic carbocycles. The molecule has 0 bridgehead atoms. The second-order valence-electron chi connectivity index (χ2n) is 3.36. The maximum absolute atomic E-state index is 3.33. The summed E-state index contributed by atoms with van der Waals surface area (Å²) in [5.74, 6) is 6.22. The monoisotopic (exact) mass is 187 g/mol. The number of hydrogen-bond donors (Lipinski definition) is 1. The van der Waals surface area contributed by atoms with Crippen molar-refractivity contribution in [2.45, 2.75) is 26.3 Å². The highest BCUT2D eigenvalue weighted by Crippen LogP contribution is 1.94. The molecule has 0 saturated carbocycles. The molecule has 1 aromatic carbocycles. The van der Waals surface area contributed by atoms with Crippen LogP contribution in [0.4, 0.5) is 0 Å². The van der Waals surface area contributed by atoms with Crippen LogP contribution in [0.2, 0.25) is 0 Å². The van der Waals surface area contributed by atoms with Gasteiger partial charge in [0.25, 0.3) is 0 Å². The molecule has 0 amide bonds. The van der Waals surface area contributed by atoms with Gasteiger partial charge in [0, 0.05) is 11.6 Å². The quantitative estimate of drug-likeness (QED) is 0.717. The summed E-state index contributed by atoms with van der Waals surface area (Å²) in [4.78, 5) is 0. The first-order valence-electron chi connectivity index (χ1n) is 5.10. The van der Waals surface area contributed by atoms with Crippen molar-refractivity contribution in [3.05, 3.63) is 35.9 Å². The molecule has 0 unspecified atom stereocenters. The smallest absolute Gasteiger partial charge is 0.0582 e. The average molecular weight is 187 g/mol. The Balaban J connectivity index is 2.34. The Kier molecular flexibility index (Phi) is 4.82. The van der Waals surface area contributed by atoms with E-state index in [9.17, 15) is 0 Å². The highest BCUT2D eigenvalue weighted by molar-refractivity contribution is 5.33. The highest BCUT2D eigenvalue weighted by Gasteiger charge is 1.92. The zero-order valence-corrected chi connectivity index (χ0v) is 8.88. The van der Waals surface area contributed by atoms with Crippen molar-refractivity contribution in [2.75, 3.05) is 6.54 Å². The molecular formula is C13H17N. The van der Waals surface area contributed by atoms with Crippen molar-refractivity contribution >= 4 is 0 Å². The molecule has 1 aromatic rings. The van der Waals surface area contributed by atoms with Crippen molar-refractivity contribution in [2.24, 2.45) is 0 Å². The lowest BCUT2D eigenvalue weighted by Crippen LogP contribution is -2.25. The van der Waals surface area contributed by atoms with Gasteiger partial charge in [-0.1, -0.05) is 37.0 Å². The molecule has 74 valence electrons. The lowest BCUT2D eigenvalue weighted by Gasteiger charge is -2.06. The van der Waals surface area contributed by atoms with E-state index in [1.165, 1.54) is 0 Å². The van der Waals surface area contributed by atoms with E-state index in [0.29, 0.717) is 6.04 Å². The number of benzene rings is 1. The first-order chi connectivity index (χ1) is 6.83. The third-order valence-corrected chi connectivity index (χ3v) is 2.16. The van der Waals surface area contributed by atoms with Crippen molar-refractivity contribution < 1.29 is 0 Å². The zero-order chi connectivity index (χ0) is 10.2. The van der Waals surface area contributed by atoms with Crippen LogP contribution in [-0.4, -0.2) is 12.6 Å². The molecule has 0 saturated heterocycles. The zero-order valence-electron chi connectivity index (χ0n) is 8.88. The number of nitrogens with one attached hydrogen (secondary N) is 1. The second kappa shape index (κ2) is 6.23. The molecule has 0 spiro atoms. The van der Waals surface area contributed by atoms with E-state index in [1.807, 2.05) is 30.3 Å². The molecule has 0 heterocycles. The van der Waals surface area contributed by atoms with Crippen molar-refractivity contribution in [1.82, 2.24) is 5.32 Å². The summed E-state index contributed by atoms with van der Waals surface area (Å²) in [5, 5.41) is 3.33. The molecule has 1 rings (SSSR count). The molecule has 0 radical (unpaired) electrons. The van der Waals surface area contributed by atoms with Gasteiger partial charge in [-0.2, -0.15) is 0 Å². The third-order valence-electron chi connectivity index (χ3n) is 2.16. The summed E-state index contributed by atoms with van der Waals surface area (Å²) >= 11 is 0. The minimum absolute atomic E-state index is 0.556. The summed E-state index contributed by atoms with van der Waals surface area (Å²) in [6.07, 6.45) is 1.15. The van der Waals surface area contributed by atoms with Gasteiger partial charge in [0.1, 0.15) is 0 Å². The number of hydrogen-bond acceptors (Lipinski definition) is 1. The van der Waals surface area contributed by atoms with Gasteiger partial charge in [0.05, 0.1) is 6.54 Å². The van der Waals surface area contributed by atoms with E-state index in [0.717, 1.165) is 18.5 Å². The Bertz CT molecular complexity index is 305. The lowest BCUT2D eigenvalue weighted by molar-refractivity contribution is 0.571. The molecule has 0 aromatic heterocycles. The van der Waals surface area contributed by atoms with Crippen LogP contribution in [-0.2, 0) is 0 Å². The van der Waals surface area contributed by atoms with E-state index < -0.39 is 0 Å². The Hall–Kier alpha value is -1.26. The van der Waals surface area contributed by atoms with E-state index in [-0.39, 0.29) is 0 Å². The van der Waals surface area contributed by atoms with Crippen molar-refractivity contribution in [3.8, 4) is 11.8 Å². The molecule has 1 atom stereocenters. The predicted octanol–water partition coefficient (Wildman–Crippen LogP) is 2.43. The lowest BCUT2D eigenvalue weighted by atomic mass is 10.2. The molecule has 0 aliphatic rings. The van der Waals surface area contributed by atoms with Gasteiger partial charge >= 0.3 is 0 Å². The van der Waals surface area contributed by atoms with E-state index >= 15 is 0 Å². The van der Waals surface area contributed by atoms with Gasteiger partial charge in [0.15, 0.2) is 0 Å². The summed E-state index contributed by atoms with van der Waals surface area (Å²) in [6, 6.07) is 10.6. The van der Waals surface area contributed by atoms with Crippen molar-refractivity contribution in [1.29, 1.82) is 0 Å². The van der Waals surface area contributed by atoms with Crippen LogP contribution in [0.1, 0.15) is 25.8 Å². The largest absolute Gasteiger partial charge is 0.304 e. The molecular weight excluding hydrogens is 170 g/mol. The third kappa shape index (κ3) is 4.11. The van der Waals surface area contributed by atoms with Crippen LogP contribution in [0, 0.1) is 11.8 Å². The van der Waals surface area contributed by atoms with E-state index in [4.69, 9.17) is 0 Å². The minimum Gasteiger partial charge on any atom is -0.304 e. The highest BCUT2D eigenvalue weighted by atomic mass is 14.9. The fraction of sp³-hybridized carbons (Fsp3) is 0.385. The predicted molar refractivity (Wildman–Crippen MR) is 61.1 cm³/mol. The van der Waals surface area contributed by atoms with Crippen LogP contribution in [0.25, 0.3) is 0 Å². The van der Waals surface area contributed by atoms with E-state index in [2.05, 4.69) is 31.0 Å². The minimum atomic E-state index is 0.556. The van der Waals surface area contributed by atoms with E-state index in [1.54, 1.807) is 0 Å². The maximum Gasteiger partial charge on any atom is 0.0582 e. The van der Waals surface area contributed by atoms with Gasteiger partial charge in [0.2, 0.25) is 0 Å². The normalized spacial score (nSPS) is 11.6. The van der Waals surface area contributed by atoms with Crippen LogP contribution in [0.3, 0.4) is 0 Å². The summed E-state index contributed by atoms with van der Waals surface area (Å²) < 4.78 is 0. The molecule has 0 aliphatic heterocycles. The molecule has 0 fully saturated rings. The van der Waals surface area contributed by atoms with Crippen LogP contribution in [0.15, 0.2) is 30.3 Å². The first kappa shape index (κ1) is 10.8. The summed E-state index contributed by atoms with van der Waals surface area (Å²) in [7, 11) is 0. The van der Waals surface area contributed by atoms with Crippen molar-refractivity contribution in [3.63, 3.8) is 0 Å². The molecule has 1 nitrogen and oxygen atoms in total. The Labute approximate surface area is 86.5 Å². The van der Waals surface area contributed by atoms with Crippen LogP contribution < -0.4 is 5.32 Å². The maximum atomic E-state index is 3.33. The second-order valence-corrected chi connectivity index (χ2v) is 3.36. The molecule has 1 N–H and O–H groups in total. The Morgan fingerprint density at radius 2 is 2.00 bits per heavy atom. The van der Waals surface area contributed by atoms with Gasteiger partial charge in [-0.25, -0.2) is 0 Å². The molecule has 14 heavy (non-hydrogen) atoms. The Morgan fingerprint density at radius 1 is 1.29 bits per heavy atom. The van der Waals surface area contributed by atoms with Gasteiger partial charge in [-0.15, -0.1) is 0 Å². The van der Waals surface area contributed by atoms with Crippen LogP contribution >= 0.6 is 0 Å². The summed E-state index contributed by atoms with van der Waals surface area (Å²) in [6.45, 7) is 5.11. The Morgan fingerprint density at radius 3 is 2.64 bits per heavy atom. The van der Waals surface area contributed by atoms with Gasteiger partial charge in [-0.05, 0) is 25.5 Å². The van der Waals surface area contributed by atoms with Gasteiger partial charge in [-0.3, -0.25) is 0 Å². The summed E-state index contributed by atoms with van der Waals surface area (Å²) in [5.41, 5.74) is 1.08. The fourth-order valence-corrected chi connectivity index (χ4v) is 1.04. The topological polar surface area (TPSA) is 12.0 Å². The van der Waals surface area contributed by atoms with Gasteiger partial charge < -0.3 is 5.32 Å². The standard InChI is InChI=1S/C13H17N/c1-3-12(2)14-11-7-10-13-8-5-4-6-9-13/h4-6,8-9,12,14H,3,11H2,1-2H3/t12-/m0/s1. The molecule has 1 heteroatoms. The van der Waals surface area contributed by atoms with Crippen LogP contribution in [0.5, 0.6) is 0 Å². The number of rotatable bonds is 3. The SMILES string of the molecule is CC[C@H](C)NCC#Cc1ccccc1. The first-order valence-corrected chi connectivity index (χ1v) is 5.10. The average Bonchev–Trinajstić information content (AvgIpc) is 2.25.